The zero-order valence-electron chi connectivity index (χ0n) is 15.6. The van der Waals surface area contributed by atoms with Crippen LogP contribution in [0.1, 0.15) is 33.3 Å². The van der Waals surface area contributed by atoms with Gasteiger partial charge in [0, 0.05) is 30.8 Å². The van der Waals surface area contributed by atoms with E-state index in [-0.39, 0.29) is 11.8 Å². The third-order valence-corrected chi connectivity index (χ3v) is 3.90. The number of nitrogens with zero attached hydrogens (tertiary/aromatic N) is 4. The number of rotatable bonds is 7. The Labute approximate surface area is 154 Å². The monoisotopic (exact) mass is 352 g/mol. The molecule has 0 aliphatic heterocycles. The summed E-state index contributed by atoms with van der Waals surface area (Å²) in [5.74, 6) is 0.223. The van der Waals surface area contributed by atoms with Crippen LogP contribution < -0.4 is 10.7 Å². The first-order valence-electron chi connectivity index (χ1n) is 8.68. The van der Waals surface area contributed by atoms with Crippen molar-refractivity contribution in [1.29, 1.82) is 5.26 Å². The van der Waals surface area contributed by atoms with Crippen molar-refractivity contribution >= 4 is 17.5 Å². The summed E-state index contributed by atoms with van der Waals surface area (Å²) in [5.41, 5.74) is 5.55. The molecule has 0 spiro atoms. The van der Waals surface area contributed by atoms with Gasteiger partial charge in [0.1, 0.15) is 6.07 Å². The quantitative estimate of drug-likeness (QED) is 0.743. The van der Waals surface area contributed by atoms with Gasteiger partial charge in [-0.15, -0.1) is 0 Å². The van der Waals surface area contributed by atoms with Crippen LogP contribution in [0.2, 0.25) is 0 Å². The van der Waals surface area contributed by atoms with Gasteiger partial charge in [0.05, 0.1) is 16.9 Å². The fourth-order valence-electron chi connectivity index (χ4n) is 2.28. The van der Waals surface area contributed by atoms with Gasteiger partial charge in [-0.05, 0) is 18.2 Å². The fraction of sp³-hybridized carbons (Fsp3) is 0.368. The molecule has 0 aliphatic rings. The van der Waals surface area contributed by atoms with E-state index in [0.717, 1.165) is 18.7 Å². The molecule has 7 heteroatoms. The molecule has 0 unspecified atom stereocenters. The molecule has 136 valence electrons. The number of hydrazine groups is 1. The average molecular weight is 352 g/mol. The second kappa shape index (κ2) is 8.92. The van der Waals surface area contributed by atoms with Crippen molar-refractivity contribution in [2.24, 2.45) is 5.92 Å². The largest absolute Gasteiger partial charge is 0.325 e. The minimum absolute atomic E-state index is 0.123. The van der Waals surface area contributed by atoms with Crippen LogP contribution in [-0.2, 0) is 4.79 Å². The highest BCUT2D eigenvalue weighted by atomic mass is 16.1. The Balaban J connectivity index is 2.29. The van der Waals surface area contributed by atoms with E-state index in [1.54, 1.807) is 38.2 Å². The lowest BCUT2D eigenvalue weighted by Gasteiger charge is -2.19. The van der Waals surface area contributed by atoms with Gasteiger partial charge in [0.15, 0.2) is 0 Å². The first-order valence-corrected chi connectivity index (χ1v) is 8.68. The van der Waals surface area contributed by atoms with Gasteiger partial charge in [-0.25, -0.2) is 15.0 Å². The van der Waals surface area contributed by atoms with Crippen LogP contribution in [0.4, 0.5) is 11.6 Å². The highest BCUT2D eigenvalue weighted by molar-refractivity contribution is 5.93. The smallest absolute Gasteiger partial charge is 0.238 e. The number of hydrogen-bond acceptors (Lipinski definition) is 6. The molecule has 0 saturated carbocycles. The van der Waals surface area contributed by atoms with Gasteiger partial charge in [-0.3, -0.25) is 10.2 Å². The number of carbonyl (C=O) groups is 1. The van der Waals surface area contributed by atoms with Crippen molar-refractivity contribution in [3.8, 4) is 17.3 Å². The molecule has 2 rings (SSSR count). The normalized spacial score (nSPS) is 10.7. The van der Waals surface area contributed by atoms with Gasteiger partial charge >= 0.3 is 0 Å². The zero-order chi connectivity index (χ0) is 19.1. The summed E-state index contributed by atoms with van der Waals surface area (Å²) in [6.45, 7) is 9.36. The van der Waals surface area contributed by atoms with Gasteiger partial charge in [-0.1, -0.05) is 33.8 Å². The molecule has 0 saturated heterocycles. The molecule has 0 fully saturated rings. The molecule has 0 bridgehead atoms. The maximum Gasteiger partial charge on any atom is 0.238 e. The topological polar surface area (TPSA) is 93.9 Å². The van der Waals surface area contributed by atoms with Crippen LogP contribution in [0.25, 0.3) is 11.3 Å². The lowest BCUT2D eigenvalue weighted by atomic mass is 10.1. The molecule has 1 amide bonds. The lowest BCUT2D eigenvalue weighted by molar-refractivity contribution is -0.118. The predicted octanol–water partition coefficient (Wildman–Crippen LogP) is 3.28. The summed E-state index contributed by atoms with van der Waals surface area (Å²) in [6, 6.07) is 9.21. The number of carbonyl (C=O) groups excluding carboxylic acids is 1. The molecule has 26 heavy (non-hydrogen) atoms. The second-order valence-corrected chi connectivity index (χ2v) is 6.07. The maximum absolute atomic E-state index is 11.9. The standard InChI is InChI=1S/C19H24N6O/c1-5-25(6-2)24-19-21-10-9-17(23-19)14-7-8-16(15(11-14)12-20)22-18(26)13(3)4/h7-11,13H,5-6H2,1-4H3,(H,22,26)(H,21,23,24). The third-order valence-electron chi connectivity index (χ3n) is 3.90. The average Bonchev–Trinajstić information content (AvgIpc) is 2.66. The Hall–Kier alpha value is -2.98. The molecular weight excluding hydrogens is 328 g/mol. The molecule has 0 aliphatic carbocycles. The first kappa shape index (κ1) is 19.3. The number of nitrogens with one attached hydrogen (secondary N) is 2. The van der Waals surface area contributed by atoms with E-state index in [0.29, 0.717) is 22.9 Å². The van der Waals surface area contributed by atoms with Crippen LogP contribution >= 0.6 is 0 Å². The summed E-state index contributed by atoms with van der Waals surface area (Å²) >= 11 is 0. The highest BCUT2D eigenvalue weighted by Crippen LogP contribution is 2.24. The maximum atomic E-state index is 11.9. The van der Waals surface area contributed by atoms with E-state index in [4.69, 9.17) is 0 Å². The molecule has 0 radical (unpaired) electrons. The van der Waals surface area contributed by atoms with E-state index in [9.17, 15) is 10.1 Å². The molecule has 1 aromatic carbocycles. The van der Waals surface area contributed by atoms with E-state index in [2.05, 4.69) is 26.8 Å². The van der Waals surface area contributed by atoms with Crippen LogP contribution in [0, 0.1) is 17.2 Å². The summed E-state index contributed by atoms with van der Waals surface area (Å²) in [4.78, 5) is 20.6. The molecule has 0 atom stereocenters. The van der Waals surface area contributed by atoms with Gasteiger partial charge in [-0.2, -0.15) is 5.26 Å². The molecule has 1 aromatic heterocycles. The van der Waals surface area contributed by atoms with Crippen LogP contribution in [0.15, 0.2) is 30.5 Å². The van der Waals surface area contributed by atoms with Crippen LogP contribution in [0.5, 0.6) is 0 Å². The van der Waals surface area contributed by atoms with E-state index < -0.39 is 0 Å². The minimum atomic E-state index is -0.156. The van der Waals surface area contributed by atoms with Crippen molar-refractivity contribution in [3.63, 3.8) is 0 Å². The number of anilines is 2. The number of benzene rings is 1. The molecular formula is C19H24N6O. The zero-order valence-corrected chi connectivity index (χ0v) is 15.6. The number of aromatic nitrogens is 2. The Morgan fingerprint density at radius 3 is 2.62 bits per heavy atom. The first-order chi connectivity index (χ1) is 12.5. The van der Waals surface area contributed by atoms with Crippen molar-refractivity contribution in [3.05, 3.63) is 36.0 Å². The Bertz CT molecular complexity index is 808. The van der Waals surface area contributed by atoms with E-state index in [1.165, 1.54) is 0 Å². The van der Waals surface area contributed by atoms with Crippen LogP contribution in [0.3, 0.4) is 0 Å². The second-order valence-electron chi connectivity index (χ2n) is 6.07. The number of hydrogen-bond donors (Lipinski definition) is 2. The van der Waals surface area contributed by atoms with Gasteiger partial charge in [0.2, 0.25) is 11.9 Å². The van der Waals surface area contributed by atoms with Gasteiger partial charge < -0.3 is 5.32 Å². The van der Waals surface area contributed by atoms with Crippen molar-refractivity contribution in [2.45, 2.75) is 27.7 Å². The highest BCUT2D eigenvalue weighted by Gasteiger charge is 2.12. The molecule has 1 heterocycles. The van der Waals surface area contributed by atoms with Crippen molar-refractivity contribution < 1.29 is 4.79 Å². The van der Waals surface area contributed by atoms with E-state index >= 15 is 0 Å². The summed E-state index contributed by atoms with van der Waals surface area (Å²) < 4.78 is 0. The number of nitriles is 1. The van der Waals surface area contributed by atoms with Crippen molar-refractivity contribution in [1.82, 2.24) is 15.0 Å². The number of amides is 1. The molecule has 2 aromatic rings. The lowest BCUT2D eigenvalue weighted by Crippen LogP contribution is -2.30. The predicted molar refractivity (Wildman–Crippen MR) is 102 cm³/mol. The third kappa shape index (κ3) is 4.77. The summed E-state index contributed by atoms with van der Waals surface area (Å²) in [6.07, 6.45) is 1.68. The minimum Gasteiger partial charge on any atom is -0.325 e. The SMILES string of the molecule is CCN(CC)Nc1nccc(-c2ccc(NC(=O)C(C)C)c(C#N)c2)n1. The van der Waals surface area contributed by atoms with E-state index in [1.807, 2.05) is 24.9 Å². The summed E-state index contributed by atoms with van der Waals surface area (Å²) in [7, 11) is 0. The Morgan fingerprint density at radius 2 is 2.00 bits per heavy atom. The Morgan fingerprint density at radius 1 is 1.27 bits per heavy atom. The van der Waals surface area contributed by atoms with Crippen molar-refractivity contribution in [2.75, 3.05) is 23.8 Å². The Kier molecular flexibility index (Phi) is 6.64. The van der Waals surface area contributed by atoms with Gasteiger partial charge in [0.25, 0.3) is 0 Å². The fourth-order valence-corrected chi connectivity index (χ4v) is 2.28. The molecule has 2 N–H and O–H groups in total. The molecule has 7 nitrogen and oxygen atoms in total. The summed E-state index contributed by atoms with van der Waals surface area (Å²) in [5, 5.41) is 14.2. The van der Waals surface area contributed by atoms with Crippen LogP contribution in [-0.4, -0.2) is 34.0 Å².